The molecule has 0 aliphatic carbocycles. The summed E-state index contributed by atoms with van der Waals surface area (Å²) in [5, 5.41) is 13.0. The fraction of sp³-hybridized carbons (Fsp3) is 0.500. The highest BCUT2D eigenvalue weighted by atomic mass is 32.1. The summed E-state index contributed by atoms with van der Waals surface area (Å²) in [4.78, 5) is 13.9. The molecule has 1 aromatic heterocycles. The van der Waals surface area contributed by atoms with Gasteiger partial charge in [-0.25, -0.2) is 0 Å². The molecule has 1 aromatic rings. The van der Waals surface area contributed by atoms with E-state index < -0.39 is 5.60 Å². The van der Waals surface area contributed by atoms with E-state index >= 15 is 0 Å². The van der Waals surface area contributed by atoms with Gasteiger partial charge in [-0.3, -0.25) is 4.79 Å². The Labute approximate surface area is 117 Å². The molecule has 1 amide bonds. The zero-order chi connectivity index (χ0) is 13.9. The topological polar surface area (TPSA) is 58.6 Å². The predicted octanol–water partition coefficient (Wildman–Crippen LogP) is 1.73. The number of rotatable bonds is 4. The zero-order valence-corrected chi connectivity index (χ0v) is 12.0. The van der Waals surface area contributed by atoms with E-state index in [0.717, 1.165) is 4.88 Å². The maximum absolute atomic E-state index is 11.7. The van der Waals surface area contributed by atoms with Gasteiger partial charge in [0, 0.05) is 35.4 Å². The average Bonchev–Trinajstić information content (AvgIpc) is 2.92. The van der Waals surface area contributed by atoms with Crippen molar-refractivity contribution >= 4 is 23.3 Å². The monoisotopic (exact) mass is 281 g/mol. The first-order valence-corrected chi connectivity index (χ1v) is 7.17. The molecule has 2 unspecified atom stereocenters. The molecule has 104 valence electrons. The van der Waals surface area contributed by atoms with Gasteiger partial charge in [0.05, 0.1) is 6.10 Å². The van der Waals surface area contributed by atoms with Gasteiger partial charge in [0.25, 0.3) is 0 Å². The molecule has 0 aromatic carbocycles. The van der Waals surface area contributed by atoms with E-state index in [4.69, 9.17) is 4.74 Å². The molecular formula is C14H19NO3S. The van der Waals surface area contributed by atoms with Crippen LogP contribution in [0.5, 0.6) is 0 Å². The summed E-state index contributed by atoms with van der Waals surface area (Å²) in [6, 6.07) is 3.99. The van der Waals surface area contributed by atoms with Crippen LogP contribution in [0, 0.1) is 6.92 Å². The standard InChI is InChI=1S/C14H19NO3S/c1-10-3-4-12(19-10)5-6-13(16)15-9-14(17)7-8-18-11(14)2/h3-6,11,17H,7-9H2,1-2H3,(H,15,16)/b6-5+. The normalized spacial score (nSPS) is 27.0. The molecule has 2 heterocycles. The minimum Gasteiger partial charge on any atom is -0.385 e. The van der Waals surface area contributed by atoms with Crippen molar-refractivity contribution in [1.29, 1.82) is 0 Å². The molecule has 4 nitrogen and oxygen atoms in total. The summed E-state index contributed by atoms with van der Waals surface area (Å²) in [6.45, 7) is 4.61. The van der Waals surface area contributed by atoms with Gasteiger partial charge in [-0.05, 0) is 32.1 Å². The lowest BCUT2D eigenvalue weighted by Gasteiger charge is -2.25. The van der Waals surface area contributed by atoms with Crippen molar-refractivity contribution in [3.05, 3.63) is 28.0 Å². The molecular weight excluding hydrogens is 262 g/mol. The number of carbonyl (C=O) groups excluding carboxylic acids is 1. The molecule has 1 aliphatic heterocycles. The summed E-state index contributed by atoms with van der Waals surface area (Å²) in [5.41, 5.74) is -0.941. The van der Waals surface area contributed by atoms with Crippen molar-refractivity contribution in [2.45, 2.75) is 32.0 Å². The Morgan fingerprint density at radius 2 is 2.47 bits per heavy atom. The summed E-state index contributed by atoms with van der Waals surface area (Å²) in [5.74, 6) is -0.196. The van der Waals surface area contributed by atoms with Gasteiger partial charge in [-0.15, -0.1) is 11.3 Å². The van der Waals surface area contributed by atoms with Crippen molar-refractivity contribution in [2.75, 3.05) is 13.2 Å². The lowest BCUT2D eigenvalue weighted by molar-refractivity contribution is -0.118. The molecule has 0 radical (unpaired) electrons. The summed E-state index contributed by atoms with van der Waals surface area (Å²) < 4.78 is 5.32. The minimum absolute atomic E-state index is 0.196. The first-order chi connectivity index (χ1) is 8.99. The van der Waals surface area contributed by atoms with Crippen molar-refractivity contribution in [2.24, 2.45) is 0 Å². The van der Waals surface area contributed by atoms with Gasteiger partial charge in [-0.2, -0.15) is 0 Å². The highest BCUT2D eigenvalue weighted by molar-refractivity contribution is 7.12. The van der Waals surface area contributed by atoms with E-state index in [1.807, 2.05) is 26.0 Å². The number of hydrogen-bond acceptors (Lipinski definition) is 4. The number of ether oxygens (including phenoxy) is 1. The van der Waals surface area contributed by atoms with E-state index in [0.29, 0.717) is 13.0 Å². The van der Waals surface area contributed by atoms with Crippen LogP contribution in [0.4, 0.5) is 0 Å². The molecule has 2 rings (SSSR count). The van der Waals surface area contributed by atoms with Crippen LogP contribution in [-0.4, -0.2) is 35.9 Å². The fourth-order valence-electron chi connectivity index (χ4n) is 2.00. The van der Waals surface area contributed by atoms with Crippen LogP contribution in [0.3, 0.4) is 0 Å². The average molecular weight is 281 g/mol. The van der Waals surface area contributed by atoms with Gasteiger partial charge in [0.15, 0.2) is 0 Å². The van der Waals surface area contributed by atoms with Crippen LogP contribution >= 0.6 is 11.3 Å². The van der Waals surface area contributed by atoms with Gasteiger partial charge < -0.3 is 15.2 Å². The largest absolute Gasteiger partial charge is 0.385 e. The van der Waals surface area contributed by atoms with Gasteiger partial charge in [0.1, 0.15) is 5.60 Å². The summed E-state index contributed by atoms with van der Waals surface area (Å²) in [7, 11) is 0. The third-order valence-corrected chi connectivity index (χ3v) is 4.35. The molecule has 1 aliphatic rings. The molecule has 0 bridgehead atoms. The van der Waals surface area contributed by atoms with Crippen molar-refractivity contribution < 1.29 is 14.6 Å². The van der Waals surface area contributed by atoms with Crippen molar-refractivity contribution in [1.82, 2.24) is 5.32 Å². The first kappa shape index (κ1) is 14.2. The lowest BCUT2D eigenvalue weighted by Crippen LogP contribution is -2.47. The van der Waals surface area contributed by atoms with Crippen molar-refractivity contribution in [3.8, 4) is 0 Å². The first-order valence-electron chi connectivity index (χ1n) is 6.36. The maximum Gasteiger partial charge on any atom is 0.244 e. The molecule has 2 atom stereocenters. The Morgan fingerprint density at radius 3 is 3.05 bits per heavy atom. The fourth-order valence-corrected chi connectivity index (χ4v) is 2.78. The molecule has 19 heavy (non-hydrogen) atoms. The van der Waals surface area contributed by atoms with Crippen molar-refractivity contribution in [3.63, 3.8) is 0 Å². The zero-order valence-electron chi connectivity index (χ0n) is 11.2. The SMILES string of the molecule is Cc1ccc(/C=C/C(=O)NCC2(O)CCOC2C)s1. The second kappa shape index (κ2) is 5.86. The highest BCUT2D eigenvalue weighted by Gasteiger charge is 2.39. The Morgan fingerprint density at radius 1 is 1.68 bits per heavy atom. The summed E-state index contributed by atoms with van der Waals surface area (Å²) in [6.07, 6.45) is 3.60. The van der Waals surface area contributed by atoms with Crippen LogP contribution in [0.15, 0.2) is 18.2 Å². The molecule has 0 saturated carbocycles. The second-order valence-electron chi connectivity index (χ2n) is 4.87. The highest BCUT2D eigenvalue weighted by Crippen LogP contribution is 2.24. The Bertz CT molecular complexity index is 483. The Kier molecular flexibility index (Phi) is 4.39. The number of nitrogens with one attached hydrogen (secondary N) is 1. The molecule has 5 heteroatoms. The molecule has 0 spiro atoms. The number of thiophene rings is 1. The number of hydrogen-bond donors (Lipinski definition) is 2. The summed E-state index contributed by atoms with van der Waals surface area (Å²) >= 11 is 1.64. The van der Waals surface area contributed by atoms with E-state index in [1.165, 1.54) is 11.0 Å². The number of aliphatic hydroxyl groups is 1. The van der Waals surface area contributed by atoms with Crippen LogP contribution < -0.4 is 5.32 Å². The van der Waals surface area contributed by atoms with E-state index in [-0.39, 0.29) is 18.6 Å². The van der Waals surface area contributed by atoms with Gasteiger partial charge in [0.2, 0.25) is 5.91 Å². The molecule has 2 N–H and O–H groups in total. The van der Waals surface area contributed by atoms with Crippen LogP contribution in [0.2, 0.25) is 0 Å². The Hall–Kier alpha value is -1.17. The molecule has 1 fully saturated rings. The quantitative estimate of drug-likeness (QED) is 0.826. The molecule has 1 saturated heterocycles. The second-order valence-corrected chi connectivity index (χ2v) is 6.19. The number of amides is 1. The smallest absolute Gasteiger partial charge is 0.244 e. The van der Waals surface area contributed by atoms with Gasteiger partial charge in [-0.1, -0.05) is 0 Å². The number of carbonyl (C=O) groups is 1. The van der Waals surface area contributed by atoms with E-state index in [9.17, 15) is 9.90 Å². The van der Waals surface area contributed by atoms with Gasteiger partial charge >= 0.3 is 0 Å². The van der Waals surface area contributed by atoms with E-state index in [1.54, 1.807) is 17.4 Å². The Balaban J connectivity index is 1.83. The maximum atomic E-state index is 11.7. The third-order valence-electron chi connectivity index (χ3n) is 3.39. The predicted molar refractivity (Wildman–Crippen MR) is 76.1 cm³/mol. The lowest BCUT2D eigenvalue weighted by atomic mass is 9.97. The van der Waals surface area contributed by atoms with Crippen LogP contribution in [0.1, 0.15) is 23.1 Å². The minimum atomic E-state index is -0.941. The third kappa shape index (κ3) is 3.65. The van der Waals surface area contributed by atoms with E-state index in [2.05, 4.69) is 5.32 Å². The van der Waals surface area contributed by atoms with Crippen LogP contribution in [-0.2, 0) is 9.53 Å². The van der Waals surface area contributed by atoms with Crippen LogP contribution in [0.25, 0.3) is 6.08 Å². The number of aryl methyl sites for hydroxylation is 1.